The van der Waals surface area contributed by atoms with Crippen LogP contribution in [0.15, 0.2) is 0 Å². The van der Waals surface area contributed by atoms with Gasteiger partial charge < -0.3 is 14.7 Å². The summed E-state index contributed by atoms with van der Waals surface area (Å²) in [7, 11) is -4.44. The van der Waals surface area contributed by atoms with E-state index < -0.39 is 33.1 Å². The van der Waals surface area contributed by atoms with E-state index in [1.807, 2.05) is 0 Å². The summed E-state index contributed by atoms with van der Waals surface area (Å²) in [5.41, 5.74) is 0. The second kappa shape index (κ2) is 5.31. The van der Waals surface area contributed by atoms with Gasteiger partial charge in [0.1, 0.15) is 6.10 Å². The Morgan fingerprint density at radius 3 is 2.54 bits per heavy atom. The smallest absolute Gasteiger partial charge is 0.394 e. The fourth-order valence-corrected chi connectivity index (χ4v) is 1.16. The lowest BCUT2D eigenvalue weighted by Gasteiger charge is -2.12. The van der Waals surface area contributed by atoms with Gasteiger partial charge in [-0.25, -0.2) is 4.57 Å². The summed E-state index contributed by atoms with van der Waals surface area (Å²) in [6.07, 6.45) is -1.28. The Morgan fingerprint density at radius 1 is 1.62 bits per heavy atom. The zero-order valence-corrected chi connectivity index (χ0v) is 7.81. The minimum absolute atomic E-state index is 0.586. The maximum absolute atomic E-state index is 10.7. The third-order valence-electron chi connectivity index (χ3n) is 0.885. The molecule has 0 aromatic rings. The molecule has 13 heavy (non-hydrogen) atoms. The molecule has 0 aliphatic carbocycles. The average Bonchev–Trinajstić information content (AvgIpc) is 1.98. The normalized spacial score (nSPS) is 17.5. The van der Waals surface area contributed by atoms with E-state index in [0.717, 1.165) is 6.92 Å². The molecule has 0 fully saturated rings. The highest BCUT2D eigenvalue weighted by atomic mass is 31.2. The van der Waals surface area contributed by atoms with Gasteiger partial charge in [-0.05, 0) is 0 Å². The third-order valence-corrected chi connectivity index (χ3v) is 1.85. The van der Waals surface area contributed by atoms with Gasteiger partial charge in [-0.15, -0.1) is 0 Å². The molecule has 0 amide bonds. The number of aliphatic hydroxyl groups is 2. The van der Waals surface area contributed by atoms with Gasteiger partial charge in [0, 0.05) is 6.92 Å². The fraction of sp³-hybridized carbons (Fsp3) is 0.800. The Balaban J connectivity index is 3.89. The van der Waals surface area contributed by atoms with Gasteiger partial charge >= 0.3 is 13.8 Å². The molecular weight excluding hydrogens is 203 g/mol. The summed E-state index contributed by atoms with van der Waals surface area (Å²) in [6.45, 7) is -0.258. The molecule has 0 aliphatic rings. The largest absolute Gasteiger partial charge is 0.529 e. The average molecular weight is 214 g/mol. The molecule has 0 heterocycles. The highest BCUT2D eigenvalue weighted by Crippen LogP contribution is 2.43. The Hall–Kier alpha value is -0.460. The lowest BCUT2D eigenvalue weighted by molar-refractivity contribution is -0.133. The molecule has 0 saturated carbocycles. The molecule has 0 aromatic heterocycles. The van der Waals surface area contributed by atoms with Gasteiger partial charge in [0.05, 0.1) is 13.2 Å². The lowest BCUT2D eigenvalue weighted by Crippen LogP contribution is -2.19. The van der Waals surface area contributed by atoms with Crippen molar-refractivity contribution in [2.45, 2.75) is 13.0 Å². The van der Waals surface area contributed by atoms with E-state index in [2.05, 4.69) is 9.05 Å². The molecule has 8 heteroatoms. The number of carbonyl (C=O) groups excluding carboxylic acids is 1. The van der Waals surface area contributed by atoms with Crippen LogP contribution >= 0.6 is 7.82 Å². The predicted octanol–water partition coefficient (Wildman–Crippen LogP) is -0.980. The van der Waals surface area contributed by atoms with E-state index in [1.165, 1.54) is 0 Å². The van der Waals surface area contributed by atoms with Crippen molar-refractivity contribution in [1.82, 2.24) is 0 Å². The molecule has 0 aliphatic heterocycles. The molecule has 0 radical (unpaired) electrons. The van der Waals surface area contributed by atoms with Crippen LogP contribution in [-0.2, 0) is 18.4 Å². The van der Waals surface area contributed by atoms with Crippen LogP contribution in [0.4, 0.5) is 0 Å². The SMILES string of the molecule is CC(=O)OP(=O)(O)OCC(O)CO. The van der Waals surface area contributed by atoms with Crippen molar-refractivity contribution in [1.29, 1.82) is 0 Å². The van der Waals surface area contributed by atoms with Crippen molar-refractivity contribution in [3.63, 3.8) is 0 Å². The number of hydrogen-bond acceptors (Lipinski definition) is 6. The van der Waals surface area contributed by atoms with E-state index in [4.69, 9.17) is 15.1 Å². The van der Waals surface area contributed by atoms with Crippen LogP contribution in [0.2, 0.25) is 0 Å². The van der Waals surface area contributed by atoms with Crippen molar-refractivity contribution in [3.8, 4) is 0 Å². The first-order valence-corrected chi connectivity index (χ1v) is 4.83. The van der Waals surface area contributed by atoms with E-state index in [9.17, 15) is 9.36 Å². The summed E-state index contributed by atoms with van der Waals surface area (Å²) in [5, 5.41) is 17.0. The minimum atomic E-state index is -4.44. The Labute approximate surface area is 74.5 Å². The van der Waals surface area contributed by atoms with Gasteiger partial charge in [0.15, 0.2) is 0 Å². The van der Waals surface area contributed by atoms with Crippen LogP contribution in [0.5, 0.6) is 0 Å². The molecule has 7 nitrogen and oxygen atoms in total. The Bertz CT molecular complexity index is 215. The van der Waals surface area contributed by atoms with Crippen molar-refractivity contribution < 1.29 is 33.5 Å². The number of phosphoric ester groups is 1. The molecule has 0 rings (SSSR count). The quantitative estimate of drug-likeness (QED) is 0.504. The topological polar surface area (TPSA) is 113 Å². The number of phosphoric acid groups is 1. The van der Waals surface area contributed by atoms with Gasteiger partial charge in [0.2, 0.25) is 0 Å². The van der Waals surface area contributed by atoms with Gasteiger partial charge in [-0.2, -0.15) is 0 Å². The van der Waals surface area contributed by atoms with Crippen LogP contribution in [0.1, 0.15) is 6.92 Å². The Kier molecular flexibility index (Phi) is 5.12. The number of aliphatic hydroxyl groups excluding tert-OH is 2. The summed E-state index contributed by atoms with van der Waals surface area (Å²) in [4.78, 5) is 19.0. The van der Waals surface area contributed by atoms with Crippen LogP contribution in [0.25, 0.3) is 0 Å². The van der Waals surface area contributed by atoms with E-state index >= 15 is 0 Å². The molecule has 3 N–H and O–H groups in total. The van der Waals surface area contributed by atoms with Crippen molar-refractivity contribution in [2.24, 2.45) is 0 Å². The molecule has 78 valence electrons. The van der Waals surface area contributed by atoms with Crippen LogP contribution < -0.4 is 0 Å². The number of rotatable bonds is 5. The van der Waals surface area contributed by atoms with Crippen LogP contribution in [0.3, 0.4) is 0 Å². The van der Waals surface area contributed by atoms with Crippen LogP contribution in [0, 0.1) is 0 Å². The maximum Gasteiger partial charge on any atom is 0.529 e. The zero-order valence-electron chi connectivity index (χ0n) is 6.91. The first-order chi connectivity index (χ1) is 5.87. The van der Waals surface area contributed by atoms with Gasteiger partial charge in [0.25, 0.3) is 0 Å². The van der Waals surface area contributed by atoms with E-state index in [1.54, 1.807) is 0 Å². The summed E-state index contributed by atoms with van der Waals surface area (Å²) >= 11 is 0. The van der Waals surface area contributed by atoms with Crippen molar-refractivity contribution in [3.05, 3.63) is 0 Å². The summed E-state index contributed by atoms with van der Waals surface area (Å²) in [5.74, 6) is -0.968. The molecule has 0 spiro atoms. The first kappa shape index (κ1) is 12.5. The molecule has 2 unspecified atom stereocenters. The maximum atomic E-state index is 10.7. The highest BCUT2D eigenvalue weighted by Gasteiger charge is 2.25. The van der Waals surface area contributed by atoms with Crippen LogP contribution in [-0.4, -0.2) is 40.4 Å². The highest BCUT2D eigenvalue weighted by molar-refractivity contribution is 7.48. The second-order valence-corrected chi connectivity index (χ2v) is 3.56. The fourth-order valence-electron chi connectivity index (χ4n) is 0.422. The molecule has 0 aromatic carbocycles. The molecular formula is C5H11O7P. The van der Waals surface area contributed by atoms with Crippen molar-refractivity contribution >= 4 is 13.8 Å². The third kappa shape index (κ3) is 6.68. The monoisotopic (exact) mass is 214 g/mol. The molecule has 0 bridgehead atoms. The van der Waals surface area contributed by atoms with E-state index in [-0.39, 0.29) is 0 Å². The van der Waals surface area contributed by atoms with Gasteiger partial charge in [-0.3, -0.25) is 14.2 Å². The van der Waals surface area contributed by atoms with E-state index in [0.29, 0.717) is 0 Å². The first-order valence-electron chi connectivity index (χ1n) is 3.34. The van der Waals surface area contributed by atoms with Crippen molar-refractivity contribution in [2.75, 3.05) is 13.2 Å². The minimum Gasteiger partial charge on any atom is -0.394 e. The second-order valence-electron chi connectivity index (χ2n) is 2.18. The van der Waals surface area contributed by atoms with Gasteiger partial charge in [-0.1, -0.05) is 0 Å². The molecule has 0 saturated heterocycles. The Morgan fingerprint density at radius 2 is 2.15 bits per heavy atom. The number of hydrogen-bond donors (Lipinski definition) is 3. The molecule has 2 atom stereocenters. The lowest BCUT2D eigenvalue weighted by atomic mass is 10.4. The summed E-state index contributed by atoms with van der Waals surface area (Å²) < 4.78 is 18.8. The number of carbonyl (C=O) groups is 1. The predicted molar refractivity (Wildman–Crippen MR) is 40.6 cm³/mol. The zero-order chi connectivity index (χ0) is 10.5. The standard InChI is InChI=1S/C5H11O7P/c1-4(7)12-13(9,10)11-3-5(8)2-6/h5-6,8H,2-3H2,1H3,(H,9,10). The summed E-state index contributed by atoms with van der Waals surface area (Å²) in [6, 6.07) is 0.